The van der Waals surface area contributed by atoms with Gasteiger partial charge in [-0.05, 0) is 24.6 Å². The zero-order valence-electron chi connectivity index (χ0n) is 16.4. The van der Waals surface area contributed by atoms with Crippen LogP contribution in [0.25, 0.3) is 21.0 Å². The number of hydrogen-bond donors (Lipinski definition) is 1. The van der Waals surface area contributed by atoms with Crippen LogP contribution < -0.4 is 15.6 Å². The van der Waals surface area contributed by atoms with E-state index >= 15 is 0 Å². The Kier molecular flexibility index (Phi) is 5.40. The predicted molar refractivity (Wildman–Crippen MR) is 115 cm³/mol. The average Bonchev–Trinajstić information content (AvgIpc) is 3.39. The van der Waals surface area contributed by atoms with Crippen LogP contribution in [0, 0.1) is 0 Å². The van der Waals surface area contributed by atoms with Crippen LogP contribution in [0.3, 0.4) is 0 Å². The molecule has 6 nitrogen and oxygen atoms in total. The summed E-state index contributed by atoms with van der Waals surface area (Å²) in [6, 6.07) is 11.3. The number of unbranched alkanes of at least 4 members (excludes halogenated alkanes) is 1. The fourth-order valence-corrected chi connectivity index (χ4v) is 4.49. The molecule has 0 spiro atoms. The van der Waals surface area contributed by atoms with Crippen LogP contribution in [-0.2, 0) is 13.6 Å². The second kappa shape index (κ2) is 8.13. The van der Waals surface area contributed by atoms with Gasteiger partial charge in [0.2, 0.25) is 0 Å². The number of carbonyl (C=O) groups excluding carboxylic acids is 1. The van der Waals surface area contributed by atoms with E-state index < -0.39 is 0 Å². The Bertz CT molecular complexity index is 1220. The lowest BCUT2D eigenvalue weighted by molar-refractivity contribution is 0.0948. The number of benzene rings is 1. The molecule has 0 aliphatic heterocycles. The van der Waals surface area contributed by atoms with Crippen LogP contribution in [0.15, 0.2) is 51.9 Å². The second-order valence-electron chi connectivity index (χ2n) is 6.81. The zero-order valence-corrected chi connectivity index (χ0v) is 17.2. The van der Waals surface area contributed by atoms with E-state index in [-0.39, 0.29) is 18.0 Å². The van der Waals surface area contributed by atoms with Gasteiger partial charge in [0.1, 0.15) is 16.0 Å². The monoisotopic (exact) mass is 410 g/mol. The number of hydrogen-bond acceptors (Lipinski definition) is 5. The standard InChI is InChI=1S/C22H22N2O4S/c1-3-4-11-28-18-17-19(15-9-5-6-10-16(15)24(2)22(17)26)29-20(18)21(25)23-13-14-8-7-12-27-14/h5-10,12H,3-4,11,13H2,1-2H3,(H,23,25). The fourth-order valence-electron chi connectivity index (χ4n) is 3.30. The highest BCUT2D eigenvalue weighted by molar-refractivity contribution is 7.22. The minimum Gasteiger partial charge on any atom is -0.491 e. The molecular formula is C22H22N2O4S. The van der Waals surface area contributed by atoms with Crippen molar-refractivity contribution in [3.05, 3.63) is 63.7 Å². The summed E-state index contributed by atoms with van der Waals surface area (Å²) in [6.07, 6.45) is 3.37. The number of para-hydroxylation sites is 1. The number of furan rings is 1. The number of carbonyl (C=O) groups is 1. The van der Waals surface area contributed by atoms with Crippen molar-refractivity contribution in [3.63, 3.8) is 0 Å². The lowest BCUT2D eigenvalue weighted by Crippen LogP contribution is -2.22. The highest BCUT2D eigenvalue weighted by Gasteiger charge is 2.24. The molecule has 150 valence electrons. The van der Waals surface area contributed by atoms with Gasteiger partial charge in [0.25, 0.3) is 11.5 Å². The smallest absolute Gasteiger partial charge is 0.265 e. The van der Waals surface area contributed by atoms with Gasteiger partial charge in [-0.25, -0.2) is 0 Å². The first-order chi connectivity index (χ1) is 14.1. The quantitative estimate of drug-likeness (QED) is 0.457. The van der Waals surface area contributed by atoms with Gasteiger partial charge < -0.3 is 19.0 Å². The Morgan fingerprint density at radius 1 is 1.24 bits per heavy atom. The molecule has 0 unspecified atom stereocenters. The van der Waals surface area contributed by atoms with Crippen molar-refractivity contribution in [2.24, 2.45) is 7.05 Å². The first-order valence-corrected chi connectivity index (χ1v) is 10.4. The summed E-state index contributed by atoms with van der Waals surface area (Å²) in [5.41, 5.74) is 0.667. The molecule has 0 aliphatic carbocycles. The molecule has 0 fully saturated rings. The first-order valence-electron chi connectivity index (χ1n) is 9.59. The van der Waals surface area contributed by atoms with Crippen molar-refractivity contribution < 1.29 is 13.9 Å². The molecule has 3 heterocycles. The molecule has 1 N–H and O–H groups in total. The van der Waals surface area contributed by atoms with Crippen LogP contribution in [0.2, 0.25) is 0 Å². The topological polar surface area (TPSA) is 73.5 Å². The van der Waals surface area contributed by atoms with E-state index in [2.05, 4.69) is 12.2 Å². The van der Waals surface area contributed by atoms with E-state index in [1.54, 1.807) is 30.0 Å². The lowest BCUT2D eigenvalue weighted by atomic mass is 10.1. The SMILES string of the molecule is CCCCOc1c(C(=O)NCc2ccco2)sc2c1c(=O)n(C)c1ccccc21. The van der Waals surface area contributed by atoms with E-state index in [1.807, 2.05) is 24.3 Å². The molecule has 4 rings (SSSR count). The Morgan fingerprint density at radius 2 is 2.07 bits per heavy atom. The number of ether oxygens (including phenoxy) is 1. The van der Waals surface area contributed by atoms with Crippen molar-refractivity contribution in [2.75, 3.05) is 6.61 Å². The maximum Gasteiger partial charge on any atom is 0.265 e. The minimum absolute atomic E-state index is 0.161. The molecule has 0 aliphatic rings. The molecule has 29 heavy (non-hydrogen) atoms. The maximum absolute atomic E-state index is 13.1. The van der Waals surface area contributed by atoms with Crippen molar-refractivity contribution in [2.45, 2.75) is 26.3 Å². The molecule has 1 amide bonds. The molecular weight excluding hydrogens is 388 g/mol. The third-order valence-corrected chi connectivity index (χ3v) is 6.05. The molecule has 1 aromatic carbocycles. The molecule has 0 saturated carbocycles. The number of amides is 1. The van der Waals surface area contributed by atoms with Crippen LogP contribution in [0.5, 0.6) is 5.75 Å². The number of pyridine rings is 1. The highest BCUT2D eigenvalue weighted by Crippen LogP contribution is 2.39. The van der Waals surface area contributed by atoms with Gasteiger partial charge in [-0.3, -0.25) is 9.59 Å². The fraction of sp³-hybridized carbons (Fsp3) is 0.273. The molecule has 7 heteroatoms. The molecule has 0 bridgehead atoms. The largest absolute Gasteiger partial charge is 0.491 e. The van der Waals surface area contributed by atoms with Crippen molar-refractivity contribution in [1.82, 2.24) is 9.88 Å². The Morgan fingerprint density at radius 3 is 2.83 bits per heavy atom. The summed E-state index contributed by atoms with van der Waals surface area (Å²) in [4.78, 5) is 26.5. The van der Waals surface area contributed by atoms with Crippen LogP contribution in [0.4, 0.5) is 0 Å². The van der Waals surface area contributed by atoms with Crippen molar-refractivity contribution in [1.29, 1.82) is 0 Å². The van der Waals surface area contributed by atoms with Crippen molar-refractivity contribution >= 4 is 38.2 Å². The molecule has 4 aromatic rings. The number of aryl methyl sites for hydroxylation is 1. The summed E-state index contributed by atoms with van der Waals surface area (Å²) >= 11 is 1.30. The van der Waals surface area contributed by atoms with Gasteiger partial charge in [0, 0.05) is 12.4 Å². The maximum atomic E-state index is 13.1. The number of nitrogens with zero attached hydrogens (tertiary/aromatic N) is 1. The summed E-state index contributed by atoms with van der Waals surface area (Å²) in [6.45, 7) is 2.79. The van der Waals surface area contributed by atoms with Gasteiger partial charge in [0.05, 0.1) is 29.6 Å². The first kappa shape index (κ1) is 19.3. The van der Waals surface area contributed by atoms with Crippen molar-refractivity contribution in [3.8, 4) is 5.75 Å². The lowest BCUT2D eigenvalue weighted by Gasteiger charge is -2.09. The highest BCUT2D eigenvalue weighted by atomic mass is 32.1. The van der Waals surface area contributed by atoms with E-state index in [0.717, 1.165) is 28.4 Å². The zero-order chi connectivity index (χ0) is 20.4. The summed E-state index contributed by atoms with van der Waals surface area (Å²) in [7, 11) is 1.74. The summed E-state index contributed by atoms with van der Waals surface area (Å²) in [5.74, 6) is 0.760. The number of thiophene rings is 1. The predicted octanol–water partition coefficient (Wildman–Crippen LogP) is 4.46. The Labute approximate surface area is 171 Å². The van der Waals surface area contributed by atoms with Crippen LogP contribution in [-0.4, -0.2) is 17.1 Å². The number of nitrogens with one attached hydrogen (secondary N) is 1. The normalized spacial score (nSPS) is 11.2. The Hall–Kier alpha value is -3.06. The van der Waals surface area contributed by atoms with E-state index in [4.69, 9.17) is 9.15 Å². The average molecular weight is 410 g/mol. The van der Waals surface area contributed by atoms with Gasteiger partial charge in [0.15, 0.2) is 5.75 Å². The third kappa shape index (κ3) is 3.53. The second-order valence-corrected chi connectivity index (χ2v) is 7.83. The van der Waals surface area contributed by atoms with Gasteiger partial charge in [-0.1, -0.05) is 31.5 Å². The number of aromatic nitrogens is 1. The van der Waals surface area contributed by atoms with Gasteiger partial charge in [-0.2, -0.15) is 0 Å². The number of rotatable bonds is 7. The minimum atomic E-state index is -0.278. The van der Waals surface area contributed by atoms with Crippen LogP contribution in [0.1, 0.15) is 35.2 Å². The van der Waals surface area contributed by atoms with E-state index in [9.17, 15) is 9.59 Å². The summed E-state index contributed by atoms with van der Waals surface area (Å²) in [5, 5.41) is 4.26. The van der Waals surface area contributed by atoms with Crippen LogP contribution >= 0.6 is 11.3 Å². The summed E-state index contributed by atoms with van der Waals surface area (Å²) < 4.78 is 13.7. The molecule has 0 saturated heterocycles. The molecule has 0 radical (unpaired) electrons. The van der Waals surface area contributed by atoms with E-state index in [1.165, 1.54) is 11.3 Å². The van der Waals surface area contributed by atoms with E-state index in [0.29, 0.717) is 28.4 Å². The van der Waals surface area contributed by atoms with Gasteiger partial charge in [-0.15, -0.1) is 11.3 Å². The molecule has 0 atom stereocenters. The Balaban J connectivity index is 1.84. The number of fused-ring (bicyclic) bond motifs is 3. The van der Waals surface area contributed by atoms with Gasteiger partial charge >= 0.3 is 0 Å². The molecule has 3 aromatic heterocycles. The third-order valence-electron chi connectivity index (χ3n) is 4.85.